The zero-order valence-corrected chi connectivity index (χ0v) is 12.5. The van der Waals surface area contributed by atoms with Crippen LogP contribution in [0.1, 0.15) is 6.42 Å². The number of hydrogen-bond acceptors (Lipinski definition) is 4. The highest BCUT2D eigenvalue weighted by molar-refractivity contribution is 7.93. The molecule has 0 amide bonds. The Bertz CT molecular complexity index is 408. The molecule has 0 aliphatic heterocycles. The first-order chi connectivity index (χ1) is 6.91. The van der Waals surface area contributed by atoms with Crippen LogP contribution in [-0.4, -0.2) is 42.2 Å². The minimum Gasteiger partial charge on any atom is -0.229 e. The summed E-state index contributed by atoms with van der Waals surface area (Å²) < 4.78 is 55.2. The van der Waals surface area contributed by atoms with Crippen LogP contribution in [0.2, 0.25) is 25.7 Å². The maximum absolute atomic E-state index is 12.1. The van der Waals surface area contributed by atoms with Crippen molar-refractivity contribution in [3.05, 3.63) is 0 Å². The van der Waals surface area contributed by atoms with Gasteiger partial charge in [0, 0.05) is 13.8 Å². The standard InChI is InChI=1S/C8H19FO4S2Si/c1-16(2,3)8-4-5-14(10,11)6-7-15(9,12)13/h4-8H2,1-3H3. The second kappa shape index (κ2) is 5.59. The van der Waals surface area contributed by atoms with E-state index in [-0.39, 0.29) is 5.75 Å². The van der Waals surface area contributed by atoms with E-state index in [9.17, 15) is 20.7 Å². The Kier molecular flexibility index (Phi) is 5.61. The zero-order chi connectivity index (χ0) is 13.0. The molecule has 0 aliphatic rings. The maximum atomic E-state index is 12.1. The zero-order valence-electron chi connectivity index (χ0n) is 9.86. The first-order valence-corrected chi connectivity index (χ1v) is 12.1. The van der Waals surface area contributed by atoms with Gasteiger partial charge < -0.3 is 0 Å². The SMILES string of the molecule is C[Si](C)(C)CCCS(=O)(=O)CCS(=O)(=O)F. The molecular formula is C8H19FO4S2Si. The predicted octanol–water partition coefficient (Wildman–Crippen LogP) is 1.43. The second-order valence-electron chi connectivity index (χ2n) is 5.06. The summed E-state index contributed by atoms with van der Waals surface area (Å²) in [5.41, 5.74) is 0. The molecule has 4 nitrogen and oxygen atoms in total. The van der Waals surface area contributed by atoms with Crippen molar-refractivity contribution in [3.63, 3.8) is 0 Å². The van der Waals surface area contributed by atoms with Crippen LogP contribution in [0.5, 0.6) is 0 Å². The molecule has 98 valence electrons. The molecule has 0 heterocycles. The first-order valence-electron chi connectivity index (χ1n) is 5.04. The van der Waals surface area contributed by atoms with E-state index < -0.39 is 39.6 Å². The van der Waals surface area contributed by atoms with E-state index in [0.29, 0.717) is 6.42 Å². The summed E-state index contributed by atoms with van der Waals surface area (Å²) >= 11 is 0. The molecule has 0 unspecified atom stereocenters. The Balaban J connectivity index is 4.08. The Morgan fingerprint density at radius 2 is 1.44 bits per heavy atom. The highest BCUT2D eigenvalue weighted by Crippen LogP contribution is 2.12. The summed E-state index contributed by atoms with van der Waals surface area (Å²) in [6, 6.07) is 0.870. The second-order valence-corrected chi connectivity index (χ2v) is 14.5. The topological polar surface area (TPSA) is 68.3 Å². The lowest BCUT2D eigenvalue weighted by Crippen LogP contribution is -2.22. The molecule has 0 saturated heterocycles. The molecule has 0 aromatic heterocycles. The molecule has 0 radical (unpaired) electrons. The number of sulfone groups is 1. The molecule has 0 rings (SSSR count). The minimum atomic E-state index is -4.68. The fourth-order valence-electron chi connectivity index (χ4n) is 1.15. The third kappa shape index (κ3) is 10.6. The van der Waals surface area contributed by atoms with Crippen molar-refractivity contribution in [1.82, 2.24) is 0 Å². The van der Waals surface area contributed by atoms with Gasteiger partial charge in [0.05, 0.1) is 11.5 Å². The third-order valence-electron chi connectivity index (χ3n) is 2.02. The molecule has 0 fully saturated rings. The molecule has 0 bridgehead atoms. The molecule has 0 atom stereocenters. The smallest absolute Gasteiger partial charge is 0.229 e. The summed E-state index contributed by atoms with van der Waals surface area (Å²) in [5, 5.41) is 0. The summed E-state index contributed by atoms with van der Waals surface area (Å²) in [7, 11) is -9.39. The third-order valence-corrected chi connectivity index (χ3v) is 6.56. The molecular weight excluding hydrogens is 271 g/mol. The van der Waals surface area contributed by atoms with Crippen molar-refractivity contribution in [1.29, 1.82) is 0 Å². The van der Waals surface area contributed by atoms with Gasteiger partial charge in [-0.15, -0.1) is 3.89 Å². The largest absolute Gasteiger partial charge is 0.303 e. The van der Waals surface area contributed by atoms with Gasteiger partial charge in [-0.2, -0.15) is 8.42 Å². The van der Waals surface area contributed by atoms with E-state index in [2.05, 4.69) is 19.6 Å². The van der Waals surface area contributed by atoms with Crippen molar-refractivity contribution in [2.45, 2.75) is 32.1 Å². The lowest BCUT2D eigenvalue weighted by atomic mass is 10.6. The monoisotopic (exact) mass is 290 g/mol. The average Bonchev–Trinajstić information content (AvgIpc) is 1.97. The number of rotatable bonds is 7. The van der Waals surface area contributed by atoms with Crippen LogP contribution in [0.25, 0.3) is 0 Å². The molecule has 0 aliphatic carbocycles. The summed E-state index contributed by atoms with van der Waals surface area (Å²) in [6.45, 7) is 6.39. The average molecular weight is 290 g/mol. The van der Waals surface area contributed by atoms with Crippen LogP contribution in [0, 0.1) is 0 Å². The van der Waals surface area contributed by atoms with Crippen LogP contribution in [0.3, 0.4) is 0 Å². The van der Waals surface area contributed by atoms with E-state index in [1.807, 2.05) is 0 Å². The summed E-state index contributed by atoms with van der Waals surface area (Å²) in [6.07, 6.45) is 0.532. The van der Waals surface area contributed by atoms with Crippen molar-refractivity contribution in [2.75, 3.05) is 17.3 Å². The normalized spacial score (nSPS) is 14.0. The first kappa shape index (κ1) is 16.0. The van der Waals surface area contributed by atoms with Gasteiger partial charge in [-0.05, 0) is 6.42 Å². The van der Waals surface area contributed by atoms with Gasteiger partial charge in [0.15, 0.2) is 9.84 Å². The maximum Gasteiger partial charge on any atom is 0.303 e. The van der Waals surface area contributed by atoms with Crippen molar-refractivity contribution < 1.29 is 20.7 Å². The highest BCUT2D eigenvalue weighted by atomic mass is 32.3. The van der Waals surface area contributed by atoms with E-state index in [4.69, 9.17) is 0 Å². The van der Waals surface area contributed by atoms with Crippen LogP contribution < -0.4 is 0 Å². The van der Waals surface area contributed by atoms with Crippen LogP contribution >= 0.6 is 0 Å². The number of halogens is 1. The van der Waals surface area contributed by atoms with Gasteiger partial charge in [0.25, 0.3) is 0 Å². The molecule has 16 heavy (non-hydrogen) atoms. The van der Waals surface area contributed by atoms with Gasteiger partial charge in [0.2, 0.25) is 0 Å². The van der Waals surface area contributed by atoms with E-state index in [1.54, 1.807) is 0 Å². The van der Waals surface area contributed by atoms with Crippen molar-refractivity contribution in [3.8, 4) is 0 Å². The van der Waals surface area contributed by atoms with Crippen molar-refractivity contribution >= 4 is 28.1 Å². The number of hydrogen-bond donors (Lipinski definition) is 0. The summed E-state index contributed by atoms with van der Waals surface area (Å²) in [5.74, 6) is -1.59. The molecule has 0 saturated carbocycles. The molecule has 0 spiro atoms. The van der Waals surface area contributed by atoms with Gasteiger partial charge in [-0.1, -0.05) is 25.7 Å². The molecule has 0 N–H and O–H groups in total. The van der Waals surface area contributed by atoms with Crippen molar-refractivity contribution in [2.24, 2.45) is 0 Å². The van der Waals surface area contributed by atoms with Gasteiger partial charge in [-0.3, -0.25) is 0 Å². The summed E-state index contributed by atoms with van der Waals surface area (Å²) in [4.78, 5) is 0. The van der Waals surface area contributed by atoms with E-state index in [1.165, 1.54) is 0 Å². The quantitative estimate of drug-likeness (QED) is 0.525. The van der Waals surface area contributed by atoms with Gasteiger partial charge in [0.1, 0.15) is 0 Å². The van der Waals surface area contributed by atoms with Crippen LogP contribution in [-0.2, 0) is 20.1 Å². The van der Waals surface area contributed by atoms with E-state index >= 15 is 0 Å². The van der Waals surface area contributed by atoms with E-state index in [0.717, 1.165) is 6.04 Å². The molecule has 0 aromatic carbocycles. The van der Waals surface area contributed by atoms with Crippen LogP contribution in [0.15, 0.2) is 0 Å². The fourth-order valence-corrected chi connectivity index (χ4v) is 5.24. The van der Waals surface area contributed by atoms with Crippen LogP contribution in [0.4, 0.5) is 3.89 Å². The highest BCUT2D eigenvalue weighted by Gasteiger charge is 2.19. The Hall–Kier alpha value is 0.0469. The Labute approximate surface area is 98.4 Å². The lowest BCUT2D eigenvalue weighted by molar-refractivity contribution is 0.551. The minimum absolute atomic E-state index is 0.0488. The fraction of sp³-hybridized carbons (Fsp3) is 1.00. The molecule has 0 aromatic rings. The Morgan fingerprint density at radius 1 is 0.938 bits per heavy atom. The predicted molar refractivity (Wildman–Crippen MR) is 66.3 cm³/mol. The molecule has 8 heteroatoms. The Morgan fingerprint density at radius 3 is 1.81 bits per heavy atom. The lowest BCUT2D eigenvalue weighted by Gasteiger charge is -2.14. The van der Waals surface area contributed by atoms with Gasteiger partial charge >= 0.3 is 10.2 Å². The van der Waals surface area contributed by atoms with Gasteiger partial charge in [-0.25, -0.2) is 8.42 Å².